The number of hydrogen-bond acceptors (Lipinski definition) is 5. The number of benzene rings is 2. The van der Waals surface area contributed by atoms with Gasteiger partial charge in [0.2, 0.25) is 10.0 Å². The molecule has 2 aromatic rings. The maximum absolute atomic E-state index is 12.1. The minimum absolute atomic E-state index is 0.0682. The van der Waals surface area contributed by atoms with Crippen LogP contribution in [-0.4, -0.2) is 26.8 Å². The SMILES string of the molecule is CC(C)c1ccc(C(=O)COC(=O)c2ccc(Cl)c(S(N)(=O)=O)c2)cc1. The first kappa shape index (κ1) is 20.1. The third-order valence-electron chi connectivity index (χ3n) is 3.71. The lowest BCUT2D eigenvalue weighted by Crippen LogP contribution is -2.16. The van der Waals surface area contributed by atoms with Gasteiger partial charge in [0.15, 0.2) is 12.4 Å². The summed E-state index contributed by atoms with van der Waals surface area (Å²) >= 11 is 5.76. The van der Waals surface area contributed by atoms with Gasteiger partial charge in [0, 0.05) is 5.56 Å². The fourth-order valence-corrected chi connectivity index (χ4v) is 3.27. The van der Waals surface area contributed by atoms with Gasteiger partial charge in [-0.2, -0.15) is 0 Å². The lowest BCUT2D eigenvalue weighted by molar-refractivity contribution is 0.0474. The van der Waals surface area contributed by atoms with Crippen molar-refractivity contribution >= 4 is 33.4 Å². The molecule has 0 aromatic heterocycles. The van der Waals surface area contributed by atoms with Crippen molar-refractivity contribution in [2.45, 2.75) is 24.7 Å². The molecule has 0 unspecified atom stereocenters. The van der Waals surface area contributed by atoms with Gasteiger partial charge in [0.1, 0.15) is 4.90 Å². The molecule has 0 aliphatic carbocycles. The van der Waals surface area contributed by atoms with Crippen LogP contribution in [-0.2, 0) is 14.8 Å². The Morgan fingerprint density at radius 2 is 1.65 bits per heavy atom. The summed E-state index contributed by atoms with van der Waals surface area (Å²) in [7, 11) is -4.08. The number of ether oxygens (including phenoxy) is 1. The van der Waals surface area contributed by atoms with Gasteiger partial charge in [-0.1, -0.05) is 49.7 Å². The Labute approximate surface area is 157 Å². The zero-order valence-electron chi connectivity index (χ0n) is 14.2. The van der Waals surface area contributed by atoms with Gasteiger partial charge in [-0.15, -0.1) is 0 Å². The summed E-state index contributed by atoms with van der Waals surface area (Å²) in [4.78, 5) is 23.8. The highest BCUT2D eigenvalue weighted by molar-refractivity contribution is 7.89. The first-order valence-electron chi connectivity index (χ1n) is 7.72. The molecule has 0 heterocycles. The Morgan fingerprint density at radius 1 is 1.08 bits per heavy atom. The third-order valence-corrected chi connectivity index (χ3v) is 5.10. The molecule has 8 heteroatoms. The number of halogens is 1. The molecular weight excluding hydrogens is 378 g/mol. The standard InChI is InChI=1S/C18H18ClNO5S/c1-11(2)12-3-5-13(6-4-12)16(21)10-25-18(22)14-7-8-15(19)17(9-14)26(20,23)24/h3-9,11H,10H2,1-2H3,(H2,20,23,24). The highest BCUT2D eigenvalue weighted by Crippen LogP contribution is 2.22. The molecule has 0 amide bonds. The van der Waals surface area contributed by atoms with Crippen LogP contribution >= 0.6 is 11.6 Å². The number of sulfonamides is 1. The Kier molecular flexibility index (Phi) is 6.17. The van der Waals surface area contributed by atoms with Gasteiger partial charge in [0.05, 0.1) is 10.6 Å². The van der Waals surface area contributed by atoms with Crippen LogP contribution in [0.2, 0.25) is 5.02 Å². The number of carbonyl (C=O) groups is 2. The normalized spacial score (nSPS) is 11.4. The minimum atomic E-state index is -4.08. The van der Waals surface area contributed by atoms with Crippen molar-refractivity contribution in [3.05, 3.63) is 64.2 Å². The Morgan fingerprint density at radius 3 is 2.19 bits per heavy atom. The van der Waals surface area contributed by atoms with E-state index < -0.39 is 22.6 Å². The van der Waals surface area contributed by atoms with Crippen molar-refractivity contribution in [2.24, 2.45) is 5.14 Å². The molecule has 0 spiro atoms. The molecule has 138 valence electrons. The van der Waals surface area contributed by atoms with Gasteiger partial charge < -0.3 is 4.74 Å². The smallest absolute Gasteiger partial charge is 0.338 e. The zero-order valence-corrected chi connectivity index (χ0v) is 15.8. The predicted molar refractivity (Wildman–Crippen MR) is 98.0 cm³/mol. The number of rotatable bonds is 6. The Bertz CT molecular complexity index is 937. The van der Waals surface area contributed by atoms with E-state index in [0.29, 0.717) is 11.5 Å². The highest BCUT2D eigenvalue weighted by atomic mass is 35.5. The van der Waals surface area contributed by atoms with Gasteiger partial charge in [-0.25, -0.2) is 18.4 Å². The largest absolute Gasteiger partial charge is 0.454 e. The van der Waals surface area contributed by atoms with E-state index in [0.717, 1.165) is 11.6 Å². The summed E-state index contributed by atoms with van der Waals surface area (Å²) in [6.07, 6.45) is 0. The van der Waals surface area contributed by atoms with E-state index in [2.05, 4.69) is 0 Å². The van der Waals surface area contributed by atoms with Gasteiger partial charge in [-0.3, -0.25) is 4.79 Å². The lowest BCUT2D eigenvalue weighted by atomic mass is 10.0. The van der Waals surface area contributed by atoms with Crippen LogP contribution in [0.4, 0.5) is 0 Å². The second-order valence-electron chi connectivity index (χ2n) is 5.97. The quantitative estimate of drug-likeness (QED) is 0.597. The Hall–Kier alpha value is -2.22. The summed E-state index contributed by atoms with van der Waals surface area (Å²) in [5.41, 5.74) is 1.44. The molecule has 2 N–H and O–H groups in total. The molecule has 0 radical (unpaired) electrons. The van der Waals surface area contributed by atoms with Crippen LogP contribution in [0.5, 0.6) is 0 Å². The molecule has 0 saturated carbocycles. The maximum Gasteiger partial charge on any atom is 0.338 e. The van der Waals surface area contributed by atoms with Crippen molar-refractivity contribution in [3.63, 3.8) is 0 Å². The summed E-state index contributed by atoms with van der Waals surface area (Å²) in [5.74, 6) is -0.872. The molecule has 0 aliphatic rings. The van der Waals surface area contributed by atoms with Gasteiger partial charge in [-0.05, 0) is 29.7 Å². The lowest BCUT2D eigenvalue weighted by Gasteiger charge is -2.08. The number of carbonyl (C=O) groups excluding carboxylic acids is 2. The van der Waals surface area contributed by atoms with Crippen LogP contribution in [0, 0.1) is 0 Å². The summed E-state index contributed by atoms with van der Waals surface area (Å²) in [6, 6.07) is 10.6. The van der Waals surface area contributed by atoms with E-state index in [1.165, 1.54) is 12.1 Å². The third kappa shape index (κ3) is 4.91. The van der Waals surface area contributed by atoms with Crippen molar-refractivity contribution < 1.29 is 22.7 Å². The molecular formula is C18H18ClNO5S. The molecule has 2 aromatic carbocycles. The number of esters is 1. The summed E-state index contributed by atoms with van der Waals surface area (Å²) in [5, 5.41) is 4.93. The zero-order chi connectivity index (χ0) is 19.5. The average Bonchev–Trinajstić information content (AvgIpc) is 2.58. The van der Waals surface area contributed by atoms with Gasteiger partial charge >= 0.3 is 5.97 Å². The molecule has 0 aliphatic heterocycles. The van der Waals surface area contributed by atoms with E-state index >= 15 is 0 Å². The van der Waals surface area contributed by atoms with Gasteiger partial charge in [0.25, 0.3) is 0 Å². The number of ketones is 1. The molecule has 0 saturated heterocycles. The highest BCUT2D eigenvalue weighted by Gasteiger charge is 2.18. The second kappa shape index (κ2) is 7.99. The van der Waals surface area contributed by atoms with Crippen LogP contribution in [0.15, 0.2) is 47.4 Å². The van der Waals surface area contributed by atoms with E-state index in [4.69, 9.17) is 21.5 Å². The van der Waals surface area contributed by atoms with Crippen molar-refractivity contribution in [3.8, 4) is 0 Å². The van der Waals surface area contributed by atoms with Crippen molar-refractivity contribution in [1.29, 1.82) is 0 Å². The van der Waals surface area contributed by atoms with E-state index in [-0.39, 0.29) is 21.3 Å². The summed E-state index contributed by atoms with van der Waals surface area (Å²) < 4.78 is 27.8. The fraction of sp³-hybridized carbons (Fsp3) is 0.222. The van der Waals surface area contributed by atoms with Crippen LogP contribution in [0.1, 0.15) is 46.0 Å². The first-order chi connectivity index (χ1) is 12.1. The van der Waals surface area contributed by atoms with Crippen LogP contribution in [0.3, 0.4) is 0 Å². The number of hydrogen-bond donors (Lipinski definition) is 1. The Balaban J connectivity index is 2.07. The van der Waals surface area contributed by atoms with E-state index in [9.17, 15) is 18.0 Å². The molecule has 6 nitrogen and oxygen atoms in total. The predicted octanol–water partition coefficient (Wildman–Crippen LogP) is 3.15. The van der Waals surface area contributed by atoms with Crippen molar-refractivity contribution in [1.82, 2.24) is 0 Å². The molecule has 0 atom stereocenters. The van der Waals surface area contributed by atoms with Crippen LogP contribution in [0.25, 0.3) is 0 Å². The number of Topliss-reactive ketones (excluding diaryl/α,β-unsaturated/α-hetero) is 1. The monoisotopic (exact) mass is 395 g/mol. The van der Waals surface area contributed by atoms with Crippen molar-refractivity contribution in [2.75, 3.05) is 6.61 Å². The molecule has 0 bridgehead atoms. The first-order valence-corrected chi connectivity index (χ1v) is 9.64. The van der Waals surface area contributed by atoms with E-state index in [1.807, 2.05) is 26.0 Å². The number of nitrogens with two attached hydrogens (primary N) is 1. The molecule has 26 heavy (non-hydrogen) atoms. The maximum atomic E-state index is 12.1. The second-order valence-corrected chi connectivity index (χ2v) is 7.90. The average molecular weight is 396 g/mol. The minimum Gasteiger partial charge on any atom is -0.454 e. The fourth-order valence-electron chi connectivity index (χ4n) is 2.20. The number of primary sulfonamides is 1. The summed E-state index contributed by atoms with van der Waals surface area (Å²) in [6.45, 7) is 3.62. The topological polar surface area (TPSA) is 104 Å². The molecule has 0 fully saturated rings. The van der Waals surface area contributed by atoms with Crippen LogP contribution < -0.4 is 5.14 Å². The molecule has 2 rings (SSSR count). The van der Waals surface area contributed by atoms with E-state index in [1.54, 1.807) is 12.1 Å².